The molecular weight excluding hydrogens is 398 g/mol. The second-order valence-electron chi connectivity index (χ2n) is 8.24. The Morgan fingerprint density at radius 3 is 2.60 bits per heavy atom. The molecule has 0 unspecified atom stereocenters. The lowest BCUT2D eigenvalue weighted by Gasteiger charge is -2.40. The number of anilines is 1. The molecule has 4 rings (SSSR count). The zero-order valence-corrected chi connectivity index (χ0v) is 18.5. The van der Waals surface area contributed by atoms with Crippen LogP contribution >= 0.6 is 11.8 Å². The Bertz CT molecular complexity index is 812. The monoisotopic (exact) mass is 429 g/mol. The van der Waals surface area contributed by atoms with Crippen LogP contribution in [0.1, 0.15) is 49.4 Å². The minimum absolute atomic E-state index is 0.0418. The number of hydrogen-bond acceptors (Lipinski definition) is 5. The van der Waals surface area contributed by atoms with E-state index in [1.165, 1.54) is 43.9 Å². The van der Waals surface area contributed by atoms with E-state index in [1.54, 1.807) is 6.07 Å². The molecule has 2 heterocycles. The summed E-state index contributed by atoms with van der Waals surface area (Å²) in [6.45, 7) is 5.90. The van der Waals surface area contributed by atoms with E-state index in [9.17, 15) is 9.59 Å². The van der Waals surface area contributed by atoms with Crippen LogP contribution in [0.3, 0.4) is 0 Å². The quantitative estimate of drug-likeness (QED) is 0.791. The summed E-state index contributed by atoms with van der Waals surface area (Å²) in [6, 6.07) is 7.95. The van der Waals surface area contributed by atoms with Crippen LogP contribution in [-0.2, 0) is 9.53 Å². The highest BCUT2D eigenvalue weighted by Gasteiger charge is 2.27. The molecule has 2 fully saturated rings. The van der Waals surface area contributed by atoms with Gasteiger partial charge >= 0.3 is 0 Å². The number of hydrogen-bond donors (Lipinski definition) is 1. The molecule has 1 N–H and O–H groups in total. The molecule has 0 atom stereocenters. The van der Waals surface area contributed by atoms with E-state index < -0.39 is 0 Å². The van der Waals surface area contributed by atoms with Gasteiger partial charge in [-0.05, 0) is 38.0 Å². The number of carbonyl (C=O) groups excluding carboxylic acids is 2. The number of allylic oxidation sites excluding steroid dienone is 1. The van der Waals surface area contributed by atoms with Crippen LogP contribution in [0.4, 0.5) is 5.69 Å². The Balaban J connectivity index is 1.35. The van der Waals surface area contributed by atoms with E-state index in [1.807, 2.05) is 30.0 Å². The van der Waals surface area contributed by atoms with Crippen molar-refractivity contribution in [2.75, 3.05) is 43.9 Å². The largest absolute Gasteiger partial charge is 0.496 e. The summed E-state index contributed by atoms with van der Waals surface area (Å²) < 4.78 is 5.48. The summed E-state index contributed by atoms with van der Waals surface area (Å²) in [5, 5.41) is 2.91. The van der Waals surface area contributed by atoms with Gasteiger partial charge in [0.25, 0.3) is 11.8 Å². The molecule has 2 amide bonds. The number of nitrogens with zero attached hydrogens (tertiary/aromatic N) is 2. The summed E-state index contributed by atoms with van der Waals surface area (Å²) in [6.07, 6.45) is 6.64. The minimum atomic E-state index is -0.178. The van der Waals surface area contributed by atoms with Crippen molar-refractivity contribution in [2.45, 2.75) is 45.1 Å². The number of benzene rings is 1. The van der Waals surface area contributed by atoms with Crippen molar-refractivity contribution in [3.63, 3.8) is 0 Å². The molecule has 1 aromatic carbocycles. The Morgan fingerprint density at radius 1 is 1.10 bits per heavy atom. The molecule has 1 saturated carbocycles. The third-order valence-corrected chi connectivity index (χ3v) is 7.37. The molecule has 2 aliphatic heterocycles. The zero-order valence-electron chi connectivity index (χ0n) is 17.7. The van der Waals surface area contributed by atoms with Gasteiger partial charge in [0.05, 0.1) is 6.61 Å². The smallest absolute Gasteiger partial charge is 0.265 e. The lowest BCUT2D eigenvalue weighted by atomic mass is 9.94. The van der Waals surface area contributed by atoms with Gasteiger partial charge in [0.1, 0.15) is 10.7 Å². The molecule has 6 nitrogen and oxygen atoms in total. The first-order valence-corrected chi connectivity index (χ1v) is 12.0. The van der Waals surface area contributed by atoms with Gasteiger partial charge in [-0.25, -0.2) is 0 Å². The second-order valence-corrected chi connectivity index (χ2v) is 9.34. The lowest BCUT2D eigenvalue weighted by molar-refractivity contribution is -0.112. The highest BCUT2D eigenvalue weighted by molar-refractivity contribution is 8.04. The van der Waals surface area contributed by atoms with E-state index in [2.05, 4.69) is 10.2 Å². The summed E-state index contributed by atoms with van der Waals surface area (Å²) >= 11 is 1.51. The SMILES string of the molecule is CC1=C(C(=O)Nc2cccc(C(=O)N3CCN(C4CCCCC4)CC3)c2)SCCO1. The molecule has 0 aromatic heterocycles. The van der Waals surface area contributed by atoms with E-state index in [0.717, 1.165) is 31.9 Å². The molecule has 0 spiro atoms. The van der Waals surface area contributed by atoms with E-state index in [4.69, 9.17) is 4.74 Å². The Kier molecular flexibility index (Phi) is 7.00. The van der Waals surface area contributed by atoms with Gasteiger partial charge in [0.15, 0.2) is 0 Å². The Hall–Kier alpha value is -1.99. The number of rotatable bonds is 4. The van der Waals surface area contributed by atoms with Crippen LogP contribution in [-0.4, -0.2) is 66.2 Å². The number of thioether (sulfide) groups is 1. The summed E-state index contributed by atoms with van der Waals surface area (Å²) in [4.78, 5) is 30.7. The topological polar surface area (TPSA) is 61.9 Å². The van der Waals surface area contributed by atoms with Gasteiger partial charge in [-0.1, -0.05) is 25.3 Å². The Morgan fingerprint density at radius 2 is 1.87 bits per heavy atom. The highest BCUT2D eigenvalue weighted by atomic mass is 32.2. The van der Waals surface area contributed by atoms with Crippen molar-refractivity contribution < 1.29 is 14.3 Å². The first-order chi connectivity index (χ1) is 14.6. The van der Waals surface area contributed by atoms with Crippen LogP contribution in [0.2, 0.25) is 0 Å². The van der Waals surface area contributed by atoms with Gasteiger partial charge in [-0.2, -0.15) is 0 Å². The van der Waals surface area contributed by atoms with Crippen LogP contribution in [0.15, 0.2) is 34.9 Å². The maximum absolute atomic E-state index is 13.0. The summed E-state index contributed by atoms with van der Waals surface area (Å²) in [5.41, 5.74) is 1.26. The van der Waals surface area contributed by atoms with Gasteiger partial charge in [0, 0.05) is 49.2 Å². The molecule has 0 bridgehead atoms. The van der Waals surface area contributed by atoms with Gasteiger partial charge in [0.2, 0.25) is 0 Å². The molecule has 162 valence electrons. The van der Waals surface area contributed by atoms with Crippen LogP contribution in [0.5, 0.6) is 0 Å². The molecule has 1 aliphatic carbocycles. The number of nitrogens with one attached hydrogen (secondary N) is 1. The predicted octanol–water partition coefficient (Wildman–Crippen LogP) is 3.71. The van der Waals surface area contributed by atoms with Crippen molar-refractivity contribution in [3.05, 3.63) is 40.5 Å². The molecular formula is C23H31N3O3S. The van der Waals surface area contributed by atoms with Crippen molar-refractivity contribution >= 4 is 29.3 Å². The highest BCUT2D eigenvalue weighted by Crippen LogP contribution is 2.27. The molecule has 7 heteroatoms. The number of amides is 2. The minimum Gasteiger partial charge on any atom is -0.496 e. The molecule has 3 aliphatic rings. The van der Waals surface area contributed by atoms with Gasteiger partial charge in [-0.3, -0.25) is 14.5 Å². The average Bonchev–Trinajstić information content (AvgIpc) is 2.80. The number of ether oxygens (including phenoxy) is 1. The lowest BCUT2D eigenvalue weighted by Crippen LogP contribution is -2.52. The van der Waals surface area contributed by atoms with E-state index >= 15 is 0 Å². The summed E-state index contributed by atoms with van der Waals surface area (Å²) in [5.74, 6) is 1.29. The molecule has 1 aromatic rings. The molecule has 30 heavy (non-hydrogen) atoms. The standard InChI is InChI=1S/C23H31N3O3S/c1-17-21(30-15-14-29-17)22(27)24-19-7-5-6-18(16-19)23(28)26-12-10-25(11-13-26)20-8-3-2-4-9-20/h5-7,16,20H,2-4,8-15H2,1H3,(H,24,27). The average molecular weight is 430 g/mol. The fourth-order valence-corrected chi connectivity index (χ4v) is 5.38. The maximum Gasteiger partial charge on any atom is 0.265 e. The van der Waals surface area contributed by atoms with Crippen molar-refractivity contribution in [2.24, 2.45) is 0 Å². The van der Waals surface area contributed by atoms with E-state index in [-0.39, 0.29) is 11.8 Å². The fraction of sp³-hybridized carbons (Fsp3) is 0.565. The summed E-state index contributed by atoms with van der Waals surface area (Å²) in [7, 11) is 0. The van der Waals surface area contributed by atoms with E-state index in [0.29, 0.717) is 34.6 Å². The first-order valence-electron chi connectivity index (χ1n) is 11.0. The molecule has 1 saturated heterocycles. The predicted molar refractivity (Wildman–Crippen MR) is 121 cm³/mol. The second kappa shape index (κ2) is 9.88. The van der Waals surface area contributed by atoms with Crippen molar-refractivity contribution in [1.29, 1.82) is 0 Å². The molecule has 0 radical (unpaired) electrons. The van der Waals surface area contributed by atoms with Gasteiger partial charge < -0.3 is 15.0 Å². The van der Waals surface area contributed by atoms with Crippen LogP contribution in [0.25, 0.3) is 0 Å². The van der Waals surface area contributed by atoms with Crippen LogP contribution in [0, 0.1) is 0 Å². The van der Waals surface area contributed by atoms with Crippen LogP contribution < -0.4 is 5.32 Å². The third-order valence-electron chi connectivity index (χ3n) is 6.23. The first kappa shape index (κ1) is 21.2. The zero-order chi connectivity index (χ0) is 20.9. The Labute approximate surface area is 183 Å². The van der Waals surface area contributed by atoms with Crippen molar-refractivity contribution in [3.8, 4) is 0 Å². The van der Waals surface area contributed by atoms with Gasteiger partial charge in [-0.15, -0.1) is 11.8 Å². The number of piperazine rings is 1. The van der Waals surface area contributed by atoms with Crippen molar-refractivity contribution in [1.82, 2.24) is 9.80 Å². The third kappa shape index (κ3) is 5.01. The normalized spacial score (nSPS) is 21.3. The fourth-order valence-electron chi connectivity index (χ4n) is 4.57. The maximum atomic E-state index is 13.0. The number of carbonyl (C=O) groups is 2.